The molecule has 0 atom stereocenters. The fourth-order valence-corrected chi connectivity index (χ4v) is 3.60. The van der Waals surface area contributed by atoms with Crippen LogP contribution in [-0.2, 0) is 0 Å². The predicted octanol–water partition coefficient (Wildman–Crippen LogP) is 6.16. The normalized spacial score (nSPS) is 10.7. The summed E-state index contributed by atoms with van der Waals surface area (Å²) in [7, 11) is 0. The van der Waals surface area contributed by atoms with Crippen LogP contribution in [0.2, 0.25) is 10.0 Å². The van der Waals surface area contributed by atoms with Crippen molar-refractivity contribution in [3.05, 3.63) is 68.3 Å². The number of halogens is 3. The van der Waals surface area contributed by atoms with Crippen LogP contribution in [0.3, 0.4) is 0 Å². The first-order chi connectivity index (χ1) is 11.8. The monoisotopic (exact) mass is 438 g/mol. The molecule has 1 heterocycles. The standard InChI is InChI=1S/C18H13BrCl2N2O2/c1-9-6-11(22)8-14(21)17(9)23-18(24)16-5-4-15(25-16)12-3-2-10(20)7-13(12)19/h2-8H,22H2,1H3,(H,23,24). The Morgan fingerprint density at radius 3 is 2.60 bits per heavy atom. The number of carbonyl (C=O) groups excluding carboxylic acids is 1. The molecule has 1 amide bonds. The molecule has 4 nitrogen and oxygen atoms in total. The molecule has 0 bridgehead atoms. The lowest BCUT2D eigenvalue weighted by molar-refractivity contribution is 0.0997. The average Bonchev–Trinajstić information content (AvgIpc) is 3.00. The van der Waals surface area contributed by atoms with Gasteiger partial charge in [0.1, 0.15) is 5.76 Å². The van der Waals surface area contributed by atoms with Crippen LogP contribution in [0.5, 0.6) is 0 Å². The molecule has 3 N–H and O–H groups in total. The van der Waals surface area contributed by atoms with Crippen molar-refractivity contribution in [3.8, 4) is 11.3 Å². The minimum Gasteiger partial charge on any atom is -0.451 e. The second-order valence-corrected chi connectivity index (χ2v) is 7.13. The first-order valence-corrected chi connectivity index (χ1v) is 8.82. The fraction of sp³-hybridized carbons (Fsp3) is 0.0556. The Morgan fingerprint density at radius 1 is 1.16 bits per heavy atom. The van der Waals surface area contributed by atoms with E-state index in [9.17, 15) is 4.79 Å². The predicted molar refractivity (Wildman–Crippen MR) is 105 cm³/mol. The molecule has 3 rings (SSSR count). The number of amides is 1. The molecule has 0 aliphatic heterocycles. The van der Waals surface area contributed by atoms with E-state index in [-0.39, 0.29) is 5.76 Å². The summed E-state index contributed by atoms with van der Waals surface area (Å²) >= 11 is 15.5. The molecule has 0 aliphatic carbocycles. The van der Waals surface area contributed by atoms with Gasteiger partial charge in [0, 0.05) is 20.7 Å². The van der Waals surface area contributed by atoms with E-state index in [4.69, 9.17) is 33.4 Å². The molecule has 0 unspecified atom stereocenters. The van der Waals surface area contributed by atoms with Crippen molar-refractivity contribution >= 4 is 56.4 Å². The number of nitrogen functional groups attached to an aromatic ring is 1. The topological polar surface area (TPSA) is 68.3 Å². The highest BCUT2D eigenvalue weighted by Gasteiger charge is 2.16. The first kappa shape index (κ1) is 17.9. The highest BCUT2D eigenvalue weighted by atomic mass is 79.9. The molecule has 0 aliphatic rings. The average molecular weight is 440 g/mol. The van der Waals surface area contributed by atoms with Crippen LogP contribution < -0.4 is 11.1 Å². The van der Waals surface area contributed by atoms with Gasteiger partial charge in [-0.3, -0.25) is 4.79 Å². The van der Waals surface area contributed by atoms with Gasteiger partial charge in [-0.2, -0.15) is 0 Å². The minimum absolute atomic E-state index is 0.171. The summed E-state index contributed by atoms with van der Waals surface area (Å²) in [5.41, 5.74) is 8.34. The molecular formula is C18H13BrCl2N2O2. The molecule has 2 aromatic carbocycles. The summed E-state index contributed by atoms with van der Waals surface area (Å²) in [5.74, 6) is 0.323. The molecule has 128 valence electrons. The zero-order valence-corrected chi connectivity index (χ0v) is 16.2. The highest BCUT2D eigenvalue weighted by molar-refractivity contribution is 9.10. The summed E-state index contributed by atoms with van der Waals surface area (Å²) in [5, 5.41) is 3.74. The maximum absolute atomic E-state index is 12.5. The highest BCUT2D eigenvalue weighted by Crippen LogP contribution is 2.33. The molecule has 3 aromatic rings. The molecule has 0 radical (unpaired) electrons. The van der Waals surface area contributed by atoms with Gasteiger partial charge in [0.2, 0.25) is 0 Å². The van der Waals surface area contributed by atoms with E-state index in [0.717, 1.165) is 15.6 Å². The number of hydrogen-bond donors (Lipinski definition) is 2. The number of carbonyl (C=O) groups is 1. The maximum atomic E-state index is 12.5. The zero-order chi connectivity index (χ0) is 18.1. The van der Waals surface area contributed by atoms with Gasteiger partial charge in [0.15, 0.2) is 5.76 Å². The van der Waals surface area contributed by atoms with Crippen molar-refractivity contribution in [2.45, 2.75) is 6.92 Å². The van der Waals surface area contributed by atoms with Crippen LogP contribution in [-0.4, -0.2) is 5.91 Å². The Morgan fingerprint density at radius 2 is 1.92 bits per heavy atom. The smallest absolute Gasteiger partial charge is 0.291 e. The summed E-state index contributed by atoms with van der Waals surface area (Å²) in [4.78, 5) is 12.5. The van der Waals surface area contributed by atoms with Crippen molar-refractivity contribution in [2.24, 2.45) is 0 Å². The Balaban J connectivity index is 1.86. The fourth-order valence-electron chi connectivity index (χ4n) is 2.40. The molecular weight excluding hydrogens is 427 g/mol. The lowest BCUT2D eigenvalue weighted by Crippen LogP contribution is -2.12. The van der Waals surface area contributed by atoms with Crippen LogP contribution in [0.4, 0.5) is 11.4 Å². The Labute approximate surface area is 163 Å². The number of furan rings is 1. The summed E-state index contributed by atoms with van der Waals surface area (Å²) in [6, 6.07) is 12.0. The van der Waals surface area contributed by atoms with Gasteiger partial charge in [-0.15, -0.1) is 0 Å². The van der Waals surface area contributed by atoms with Gasteiger partial charge in [0.05, 0.1) is 10.7 Å². The van der Waals surface area contributed by atoms with Crippen molar-refractivity contribution in [3.63, 3.8) is 0 Å². The van der Waals surface area contributed by atoms with E-state index in [2.05, 4.69) is 21.2 Å². The van der Waals surface area contributed by atoms with E-state index in [1.807, 2.05) is 13.0 Å². The third-order valence-corrected chi connectivity index (χ3v) is 4.76. The van der Waals surface area contributed by atoms with Gasteiger partial charge in [-0.25, -0.2) is 0 Å². The SMILES string of the molecule is Cc1cc(N)cc(Cl)c1NC(=O)c1ccc(-c2ccc(Cl)cc2Br)o1. The van der Waals surface area contributed by atoms with E-state index < -0.39 is 5.91 Å². The van der Waals surface area contributed by atoms with Crippen LogP contribution >= 0.6 is 39.1 Å². The maximum Gasteiger partial charge on any atom is 0.291 e. The molecule has 7 heteroatoms. The minimum atomic E-state index is -0.397. The summed E-state index contributed by atoms with van der Waals surface area (Å²) < 4.78 is 6.45. The third-order valence-electron chi connectivity index (χ3n) is 3.57. The van der Waals surface area contributed by atoms with Crippen molar-refractivity contribution in [2.75, 3.05) is 11.1 Å². The number of hydrogen-bond acceptors (Lipinski definition) is 3. The number of anilines is 2. The Bertz CT molecular complexity index is 946. The zero-order valence-electron chi connectivity index (χ0n) is 13.1. The lowest BCUT2D eigenvalue weighted by Gasteiger charge is -2.10. The molecule has 0 saturated heterocycles. The van der Waals surface area contributed by atoms with Gasteiger partial charge >= 0.3 is 0 Å². The van der Waals surface area contributed by atoms with E-state index >= 15 is 0 Å². The summed E-state index contributed by atoms with van der Waals surface area (Å²) in [6.45, 7) is 1.82. The third kappa shape index (κ3) is 3.84. The van der Waals surface area contributed by atoms with Crippen LogP contribution in [0, 0.1) is 6.92 Å². The van der Waals surface area contributed by atoms with Gasteiger partial charge < -0.3 is 15.5 Å². The van der Waals surface area contributed by atoms with Crippen LogP contribution in [0.15, 0.2) is 51.4 Å². The largest absolute Gasteiger partial charge is 0.451 e. The number of rotatable bonds is 3. The van der Waals surface area contributed by atoms with Gasteiger partial charge in [-0.1, -0.05) is 23.2 Å². The summed E-state index contributed by atoms with van der Waals surface area (Å²) in [6.07, 6.45) is 0. The first-order valence-electron chi connectivity index (χ1n) is 7.27. The number of benzene rings is 2. The molecule has 0 fully saturated rings. The van der Waals surface area contributed by atoms with Crippen molar-refractivity contribution in [1.82, 2.24) is 0 Å². The molecule has 1 aromatic heterocycles. The molecule has 0 saturated carbocycles. The van der Waals surface area contributed by atoms with Gasteiger partial charge in [-0.05, 0) is 70.9 Å². The Kier molecular flexibility index (Phi) is 5.08. The number of nitrogens with one attached hydrogen (secondary N) is 1. The van der Waals surface area contributed by atoms with Crippen molar-refractivity contribution < 1.29 is 9.21 Å². The lowest BCUT2D eigenvalue weighted by atomic mass is 10.1. The second kappa shape index (κ2) is 7.12. The van der Waals surface area contributed by atoms with E-state index in [1.54, 1.807) is 36.4 Å². The molecule has 25 heavy (non-hydrogen) atoms. The number of aryl methyl sites for hydroxylation is 1. The Hall–Kier alpha value is -1.95. The van der Waals surface area contributed by atoms with Gasteiger partial charge in [0.25, 0.3) is 5.91 Å². The van der Waals surface area contributed by atoms with E-state index in [1.165, 1.54) is 0 Å². The van der Waals surface area contributed by atoms with Crippen molar-refractivity contribution in [1.29, 1.82) is 0 Å². The second-order valence-electron chi connectivity index (χ2n) is 5.44. The molecule has 0 spiro atoms. The quantitative estimate of drug-likeness (QED) is 0.480. The number of nitrogens with two attached hydrogens (primary N) is 1. The van der Waals surface area contributed by atoms with Crippen LogP contribution in [0.1, 0.15) is 16.1 Å². The van der Waals surface area contributed by atoms with Crippen LogP contribution in [0.25, 0.3) is 11.3 Å². The van der Waals surface area contributed by atoms with E-state index in [0.29, 0.717) is 27.2 Å².